The molecule has 0 aliphatic rings. The zero-order valence-electron chi connectivity index (χ0n) is 14.6. The molecule has 0 aliphatic carbocycles. The number of rotatable bonds is 6. The van der Waals surface area contributed by atoms with Gasteiger partial charge in [-0.25, -0.2) is 0 Å². The second-order valence-corrected chi connectivity index (χ2v) is 6.27. The largest absolute Gasteiger partial charge is 0.469 e. The fourth-order valence-corrected chi connectivity index (χ4v) is 2.94. The molecule has 2 aromatic carbocycles. The first-order valence-corrected chi connectivity index (χ1v) is 8.69. The standard InChI is InChI=1S/C20H18ClN3O3/c1-27-19(25)12-17(14-9-5-6-10-15(14)21)22-20(26)18-11-16(23-24-18)13-7-3-2-4-8-13/h2-11,17H,12H2,1H3,(H,22,26)(H,23,24)/t17-/m1/s1. The Labute approximate surface area is 161 Å². The maximum Gasteiger partial charge on any atom is 0.307 e. The first-order chi connectivity index (χ1) is 13.1. The summed E-state index contributed by atoms with van der Waals surface area (Å²) in [6, 6.07) is 17.6. The van der Waals surface area contributed by atoms with Gasteiger partial charge in [-0.1, -0.05) is 60.1 Å². The monoisotopic (exact) mass is 383 g/mol. The summed E-state index contributed by atoms with van der Waals surface area (Å²) in [6.07, 6.45) is -0.0361. The van der Waals surface area contributed by atoms with Crippen LogP contribution < -0.4 is 5.32 Å². The van der Waals surface area contributed by atoms with E-state index in [0.29, 0.717) is 16.3 Å². The van der Waals surface area contributed by atoms with Crippen molar-refractivity contribution >= 4 is 23.5 Å². The number of esters is 1. The van der Waals surface area contributed by atoms with E-state index < -0.39 is 17.9 Å². The molecule has 138 valence electrons. The minimum atomic E-state index is -0.623. The Morgan fingerprint density at radius 2 is 1.85 bits per heavy atom. The molecule has 7 heteroatoms. The van der Waals surface area contributed by atoms with Gasteiger partial charge >= 0.3 is 5.97 Å². The van der Waals surface area contributed by atoms with E-state index in [1.54, 1.807) is 30.3 Å². The normalized spacial score (nSPS) is 11.6. The molecular weight excluding hydrogens is 366 g/mol. The summed E-state index contributed by atoms with van der Waals surface area (Å²) in [4.78, 5) is 24.5. The highest BCUT2D eigenvalue weighted by Gasteiger charge is 2.22. The topological polar surface area (TPSA) is 84.1 Å². The van der Waals surface area contributed by atoms with E-state index >= 15 is 0 Å². The smallest absolute Gasteiger partial charge is 0.307 e. The molecule has 6 nitrogen and oxygen atoms in total. The SMILES string of the molecule is COC(=O)C[C@@H](NC(=O)c1cc(-c2ccccc2)n[nH]1)c1ccccc1Cl. The lowest BCUT2D eigenvalue weighted by Gasteiger charge is -2.19. The van der Waals surface area contributed by atoms with Crippen molar-refractivity contribution < 1.29 is 14.3 Å². The summed E-state index contributed by atoms with van der Waals surface area (Å²) in [6.45, 7) is 0. The highest BCUT2D eigenvalue weighted by atomic mass is 35.5. The van der Waals surface area contributed by atoms with Gasteiger partial charge in [-0.05, 0) is 17.7 Å². The van der Waals surface area contributed by atoms with Crippen molar-refractivity contribution in [2.75, 3.05) is 7.11 Å². The zero-order valence-corrected chi connectivity index (χ0v) is 15.4. The minimum Gasteiger partial charge on any atom is -0.469 e. The number of carbonyl (C=O) groups is 2. The van der Waals surface area contributed by atoms with Crippen molar-refractivity contribution in [2.45, 2.75) is 12.5 Å². The number of hydrogen-bond donors (Lipinski definition) is 2. The Hall–Kier alpha value is -3.12. The third-order valence-corrected chi connectivity index (χ3v) is 4.42. The molecule has 1 atom stereocenters. The third-order valence-electron chi connectivity index (χ3n) is 4.08. The summed E-state index contributed by atoms with van der Waals surface area (Å²) < 4.78 is 4.74. The Bertz CT molecular complexity index is 940. The van der Waals surface area contributed by atoms with Crippen LogP contribution in [-0.4, -0.2) is 29.2 Å². The Balaban J connectivity index is 1.81. The summed E-state index contributed by atoms with van der Waals surface area (Å²) in [5.41, 5.74) is 2.48. The van der Waals surface area contributed by atoms with Crippen molar-refractivity contribution in [1.82, 2.24) is 15.5 Å². The minimum absolute atomic E-state index is 0.0361. The number of aromatic nitrogens is 2. The number of carbonyl (C=O) groups excluding carboxylic acids is 2. The van der Waals surface area contributed by atoms with Crippen molar-refractivity contribution in [3.05, 3.63) is 76.9 Å². The molecule has 0 unspecified atom stereocenters. The number of ether oxygens (including phenoxy) is 1. The van der Waals surface area contributed by atoms with Gasteiger partial charge < -0.3 is 10.1 Å². The number of hydrogen-bond acceptors (Lipinski definition) is 4. The van der Waals surface area contributed by atoms with Crippen LogP contribution in [0, 0.1) is 0 Å². The van der Waals surface area contributed by atoms with E-state index in [9.17, 15) is 9.59 Å². The number of methoxy groups -OCH3 is 1. The van der Waals surface area contributed by atoms with Crippen LogP contribution in [0.2, 0.25) is 5.02 Å². The fraction of sp³-hybridized carbons (Fsp3) is 0.150. The van der Waals surface area contributed by atoms with Gasteiger partial charge in [0.15, 0.2) is 0 Å². The Morgan fingerprint density at radius 1 is 1.15 bits per heavy atom. The van der Waals surface area contributed by atoms with Gasteiger partial charge in [0.05, 0.1) is 25.3 Å². The number of H-pyrrole nitrogens is 1. The number of amides is 1. The predicted molar refractivity (Wildman–Crippen MR) is 102 cm³/mol. The van der Waals surface area contributed by atoms with Crippen LogP contribution in [0.1, 0.15) is 28.5 Å². The van der Waals surface area contributed by atoms with Gasteiger partial charge in [0, 0.05) is 10.6 Å². The molecule has 1 aromatic heterocycles. The number of nitrogens with one attached hydrogen (secondary N) is 2. The van der Waals surface area contributed by atoms with Crippen molar-refractivity contribution in [1.29, 1.82) is 0 Å². The van der Waals surface area contributed by atoms with E-state index in [4.69, 9.17) is 16.3 Å². The number of benzene rings is 2. The van der Waals surface area contributed by atoms with Crippen LogP contribution >= 0.6 is 11.6 Å². The molecule has 0 bridgehead atoms. The van der Waals surface area contributed by atoms with Gasteiger partial charge in [0.25, 0.3) is 5.91 Å². The molecule has 1 amide bonds. The summed E-state index contributed by atoms with van der Waals surface area (Å²) in [7, 11) is 1.30. The molecule has 0 radical (unpaired) electrons. The van der Waals surface area contributed by atoms with Crippen molar-refractivity contribution in [2.24, 2.45) is 0 Å². The molecule has 0 spiro atoms. The van der Waals surface area contributed by atoms with Gasteiger partial charge in [-0.2, -0.15) is 5.10 Å². The van der Waals surface area contributed by atoms with Crippen LogP contribution in [-0.2, 0) is 9.53 Å². The molecule has 0 saturated carbocycles. The number of aromatic amines is 1. The van der Waals surface area contributed by atoms with Crippen LogP contribution in [0.4, 0.5) is 0 Å². The van der Waals surface area contributed by atoms with Crippen LogP contribution in [0.5, 0.6) is 0 Å². The summed E-state index contributed by atoms with van der Waals surface area (Å²) in [5.74, 6) is -0.840. The van der Waals surface area contributed by atoms with E-state index in [1.807, 2.05) is 30.3 Å². The van der Waals surface area contributed by atoms with Gasteiger partial charge in [-0.3, -0.25) is 14.7 Å². The van der Waals surface area contributed by atoms with Gasteiger partial charge in [-0.15, -0.1) is 0 Å². The highest BCUT2D eigenvalue weighted by Crippen LogP contribution is 2.26. The summed E-state index contributed by atoms with van der Waals surface area (Å²) >= 11 is 6.24. The average Bonchev–Trinajstić information content (AvgIpc) is 3.19. The molecule has 0 fully saturated rings. The van der Waals surface area contributed by atoms with Crippen LogP contribution in [0.15, 0.2) is 60.7 Å². The Morgan fingerprint density at radius 3 is 2.56 bits per heavy atom. The molecule has 3 aromatic rings. The van der Waals surface area contributed by atoms with Crippen molar-refractivity contribution in [3.63, 3.8) is 0 Å². The fourth-order valence-electron chi connectivity index (χ4n) is 2.68. The predicted octanol–water partition coefficient (Wildman–Crippen LogP) is 3.76. The molecule has 0 aliphatic heterocycles. The molecule has 1 heterocycles. The molecule has 2 N–H and O–H groups in total. The molecule has 27 heavy (non-hydrogen) atoms. The third kappa shape index (κ3) is 4.54. The molecule has 3 rings (SSSR count). The maximum absolute atomic E-state index is 12.7. The lowest BCUT2D eigenvalue weighted by atomic mass is 10.0. The number of halogens is 1. The number of nitrogens with zero attached hydrogens (tertiary/aromatic N) is 1. The van der Waals surface area contributed by atoms with E-state index in [0.717, 1.165) is 5.56 Å². The zero-order chi connectivity index (χ0) is 19.2. The van der Waals surface area contributed by atoms with E-state index in [1.165, 1.54) is 7.11 Å². The molecule has 0 saturated heterocycles. The second kappa shape index (κ2) is 8.51. The van der Waals surface area contributed by atoms with Gasteiger partial charge in [0.1, 0.15) is 5.69 Å². The van der Waals surface area contributed by atoms with Gasteiger partial charge in [0.2, 0.25) is 0 Å². The Kier molecular flexibility index (Phi) is 5.88. The summed E-state index contributed by atoms with van der Waals surface area (Å²) in [5, 5.41) is 10.2. The highest BCUT2D eigenvalue weighted by molar-refractivity contribution is 6.31. The van der Waals surface area contributed by atoms with E-state index in [2.05, 4.69) is 15.5 Å². The maximum atomic E-state index is 12.7. The lowest BCUT2D eigenvalue weighted by molar-refractivity contribution is -0.141. The van der Waals surface area contributed by atoms with E-state index in [-0.39, 0.29) is 12.1 Å². The molecular formula is C20H18ClN3O3. The first kappa shape index (κ1) is 18.7. The van der Waals surface area contributed by atoms with Crippen molar-refractivity contribution in [3.8, 4) is 11.3 Å². The first-order valence-electron chi connectivity index (χ1n) is 8.31. The lowest BCUT2D eigenvalue weighted by Crippen LogP contribution is -2.31. The second-order valence-electron chi connectivity index (χ2n) is 5.86. The quantitative estimate of drug-likeness (QED) is 0.635. The van der Waals surface area contributed by atoms with Crippen LogP contribution in [0.3, 0.4) is 0 Å². The average molecular weight is 384 g/mol. The van der Waals surface area contributed by atoms with Crippen LogP contribution in [0.25, 0.3) is 11.3 Å².